The summed E-state index contributed by atoms with van der Waals surface area (Å²) in [6, 6.07) is 6.52. The monoisotopic (exact) mass is 247 g/mol. The first kappa shape index (κ1) is 12.2. The molecule has 0 aromatic carbocycles. The van der Waals surface area contributed by atoms with E-state index in [2.05, 4.69) is 29.1 Å². The van der Waals surface area contributed by atoms with E-state index in [1.807, 2.05) is 31.3 Å². The molecule has 3 nitrogen and oxygen atoms in total. The molecule has 0 aliphatic carbocycles. The Kier molecular flexibility index (Phi) is 3.86. The molecule has 0 aliphatic rings. The molecule has 90 valence electrons. The first-order valence-corrected chi connectivity index (χ1v) is 6.59. The molecule has 0 bridgehead atoms. The zero-order chi connectivity index (χ0) is 12.3. The van der Waals surface area contributed by atoms with E-state index in [1.165, 1.54) is 4.88 Å². The van der Waals surface area contributed by atoms with Crippen molar-refractivity contribution in [1.29, 1.82) is 0 Å². The number of nitrogens with one attached hydrogen (secondary N) is 1. The second-order valence-corrected chi connectivity index (χ2v) is 5.45. The quantitative estimate of drug-likeness (QED) is 0.902. The average Bonchev–Trinajstić information content (AvgIpc) is 2.75. The van der Waals surface area contributed by atoms with Crippen LogP contribution >= 0.6 is 11.3 Å². The van der Waals surface area contributed by atoms with Gasteiger partial charge in [0.1, 0.15) is 5.01 Å². The van der Waals surface area contributed by atoms with E-state index in [4.69, 9.17) is 0 Å². The minimum Gasteiger partial charge on any atom is -0.310 e. The zero-order valence-electron chi connectivity index (χ0n) is 10.4. The number of hydrogen-bond donors (Lipinski definition) is 1. The Morgan fingerprint density at radius 2 is 2.18 bits per heavy atom. The van der Waals surface area contributed by atoms with Gasteiger partial charge in [-0.25, -0.2) is 4.98 Å². The van der Waals surface area contributed by atoms with Crippen LogP contribution in [0.15, 0.2) is 24.4 Å². The number of pyridine rings is 1. The molecular formula is C13H17N3S. The van der Waals surface area contributed by atoms with Crippen molar-refractivity contribution in [3.05, 3.63) is 35.0 Å². The van der Waals surface area contributed by atoms with Gasteiger partial charge in [-0.15, -0.1) is 11.3 Å². The summed E-state index contributed by atoms with van der Waals surface area (Å²) in [6.07, 6.45) is 1.93. The fourth-order valence-electron chi connectivity index (χ4n) is 1.47. The molecule has 17 heavy (non-hydrogen) atoms. The highest BCUT2D eigenvalue weighted by Crippen LogP contribution is 2.23. The second kappa shape index (κ2) is 5.38. The van der Waals surface area contributed by atoms with Crippen LogP contribution in [0.2, 0.25) is 0 Å². The summed E-state index contributed by atoms with van der Waals surface area (Å²) in [6.45, 7) is 7.16. The maximum absolute atomic E-state index is 4.48. The number of aryl methyl sites for hydroxylation is 1. The van der Waals surface area contributed by atoms with Crippen molar-refractivity contribution in [3.8, 4) is 10.7 Å². The maximum atomic E-state index is 4.48. The number of nitrogens with zero attached hydrogens (tertiary/aromatic N) is 2. The summed E-state index contributed by atoms with van der Waals surface area (Å²) in [7, 11) is 0. The Bertz CT molecular complexity index is 491. The summed E-state index contributed by atoms with van der Waals surface area (Å²) < 4.78 is 0. The standard InChI is InChI=1S/C13H17N3S/c1-9(2)14-7-11-8-15-13(17-11)12-6-4-5-10(3)16-12/h4-6,8-9,14H,7H2,1-3H3. The van der Waals surface area contributed by atoms with Gasteiger partial charge in [0.05, 0.1) is 5.69 Å². The molecule has 0 radical (unpaired) electrons. The number of hydrogen-bond acceptors (Lipinski definition) is 4. The molecule has 0 saturated heterocycles. The van der Waals surface area contributed by atoms with Crippen molar-refractivity contribution in [2.75, 3.05) is 0 Å². The van der Waals surface area contributed by atoms with Crippen LogP contribution in [-0.2, 0) is 6.54 Å². The highest BCUT2D eigenvalue weighted by Gasteiger charge is 2.06. The molecule has 2 heterocycles. The van der Waals surface area contributed by atoms with Crippen LogP contribution in [0.5, 0.6) is 0 Å². The third kappa shape index (κ3) is 3.35. The van der Waals surface area contributed by atoms with Gasteiger partial charge in [-0.3, -0.25) is 4.98 Å². The lowest BCUT2D eigenvalue weighted by Crippen LogP contribution is -2.21. The topological polar surface area (TPSA) is 37.8 Å². The third-order valence-corrected chi connectivity index (χ3v) is 3.37. The highest BCUT2D eigenvalue weighted by atomic mass is 32.1. The van der Waals surface area contributed by atoms with Crippen LogP contribution < -0.4 is 5.32 Å². The van der Waals surface area contributed by atoms with Crippen molar-refractivity contribution < 1.29 is 0 Å². The Morgan fingerprint density at radius 3 is 2.88 bits per heavy atom. The molecule has 0 fully saturated rings. The summed E-state index contributed by atoms with van der Waals surface area (Å²) >= 11 is 1.70. The third-order valence-electron chi connectivity index (χ3n) is 2.35. The van der Waals surface area contributed by atoms with Crippen LogP contribution in [0.4, 0.5) is 0 Å². The van der Waals surface area contributed by atoms with Crippen LogP contribution in [0, 0.1) is 6.92 Å². The minimum absolute atomic E-state index is 0.498. The largest absolute Gasteiger partial charge is 0.310 e. The Balaban J connectivity index is 2.12. The average molecular weight is 247 g/mol. The summed E-state index contributed by atoms with van der Waals surface area (Å²) in [4.78, 5) is 10.1. The Morgan fingerprint density at radius 1 is 1.35 bits per heavy atom. The van der Waals surface area contributed by atoms with Crippen molar-refractivity contribution in [2.45, 2.75) is 33.4 Å². The molecule has 1 N–H and O–H groups in total. The molecule has 2 rings (SSSR count). The SMILES string of the molecule is Cc1cccc(-c2ncc(CNC(C)C)s2)n1. The number of rotatable bonds is 4. The van der Waals surface area contributed by atoms with E-state index in [1.54, 1.807) is 11.3 Å². The molecule has 0 spiro atoms. The second-order valence-electron chi connectivity index (χ2n) is 4.33. The molecule has 2 aromatic heterocycles. The molecule has 0 amide bonds. The first-order chi connectivity index (χ1) is 8.15. The van der Waals surface area contributed by atoms with Crippen molar-refractivity contribution in [1.82, 2.24) is 15.3 Å². The van der Waals surface area contributed by atoms with E-state index in [0.717, 1.165) is 22.9 Å². The fourth-order valence-corrected chi connectivity index (χ4v) is 2.31. The molecule has 0 unspecified atom stereocenters. The van der Waals surface area contributed by atoms with Crippen molar-refractivity contribution in [2.24, 2.45) is 0 Å². The lowest BCUT2D eigenvalue weighted by molar-refractivity contribution is 0.593. The predicted octanol–water partition coefficient (Wildman–Crippen LogP) is 3.01. The van der Waals surface area contributed by atoms with Gasteiger partial charge in [0.2, 0.25) is 0 Å². The Labute approximate surface area is 106 Å². The van der Waals surface area contributed by atoms with Crippen molar-refractivity contribution >= 4 is 11.3 Å². The smallest absolute Gasteiger partial charge is 0.142 e. The van der Waals surface area contributed by atoms with Crippen molar-refractivity contribution in [3.63, 3.8) is 0 Å². The number of aromatic nitrogens is 2. The normalized spacial score (nSPS) is 11.1. The van der Waals surface area contributed by atoms with Gasteiger partial charge in [-0.05, 0) is 19.1 Å². The van der Waals surface area contributed by atoms with Gasteiger partial charge in [0.15, 0.2) is 0 Å². The summed E-state index contributed by atoms with van der Waals surface area (Å²) in [5.41, 5.74) is 1.99. The molecule has 4 heteroatoms. The molecule has 0 aliphatic heterocycles. The summed E-state index contributed by atoms with van der Waals surface area (Å²) in [5.74, 6) is 0. The molecule has 0 atom stereocenters. The predicted molar refractivity (Wildman–Crippen MR) is 72.1 cm³/mol. The zero-order valence-corrected chi connectivity index (χ0v) is 11.2. The molecule has 0 saturated carbocycles. The molecule has 2 aromatic rings. The highest BCUT2D eigenvalue weighted by molar-refractivity contribution is 7.14. The van der Waals surface area contributed by atoms with E-state index in [9.17, 15) is 0 Å². The van der Waals surface area contributed by atoms with Crippen LogP contribution in [-0.4, -0.2) is 16.0 Å². The van der Waals surface area contributed by atoms with Crippen LogP contribution in [0.3, 0.4) is 0 Å². The van der Waals surface area contributed by atoms with E-state index >= 15 is 0 Å². The first-order valence-electron chi connectivity index (χ1n) is 5.77. The fraction of sp³-hybridized carbons (Fsp3) is 0.385. The van der Waals surface area contributed by atoms with E-state index in [-0.39, 0.29) is 0 Å². The van der Waals surface area contributed by atoms with Gasteiger partial charge in [-0.1, -0.05) is 19.9 Å². The van der Waals surface area contributed by atoms with E-state index in [0.29, 0.717) is 6.04 Å². The van der Waals surface area contributed by atoms with E-state index < -0.39 is 0 Å². The molecular weight excluding hydrogens is 230 g/mol. The number of thiazole rings is 1. The Hall–Kier alpha value is -1.26. The van der Waals surface area contributed by atoms with Crippen LogP contribution in [0.25, 0.3) is 10.7 Å². The lowest BCUT2D eigenvalue weighted by Gasteiger charge is -2.04. The van der Waals surface area contributed by atoms with Gasteiger partial charge >= 0.3 is 0 Å². The van der Waals surface area contributed by atoms with Gasteiger partial charge in [-0.2, -0.15) is 0 Å². The summed E-state index contributed by atoms with van der Waals surface area (Å²) in [5, 5.41) is 4.38. The van der Waals surface area contributed by atoms with Gasteiger partial charge < -0.3 is 5.32 Å². The minimum atomic E-state index is 0.498. The lowest BCUT2D eigenvalue weighted by atomic mass is 10.3. The van der Waals surface area contributed by atoms with Gasteiger partial charge in [0.25, 0.3) is 0 Å². The van der Waals surface area contributed by atoms with Gasteiger partial charge in [0, 0.05) is 29.4 Å². The van der Waals surface area contributed by atoms with Crippen LogP contribution in [0.1, 0.15) is 24.4 Å². The maximum Gasteiger partial charge on any atom is 0.142 e.